The van der Waals surface area contributed by atoms with Crippen molar-refractivity contribution in [2.75, 3.05) is 11.5 Å². The van der Waals surface area contributed by atoms with Crippen LogP contribution in [0, 0.1) is 0 Å². The van der Waals surface area contributed by atoms with Crippen LogP contribution >= 0.6 is 0 Å². The quantitative estimate of drug-likeness (QED) is 0.294. The SMILES string of the molecule is CC=CC(=CC)CC[S+]([O-])CCCCCCCC. The van der Waals surface area contributed by atoms with E-state index < -0.39 is 11.2 Å². The van der Waals surface area contributed by atoms with Gasteiger partial charge >= 0.3 is 0 Å². The highest BCUT2D eigenvalue weighted by Crippen LogP contribution is 2.10. The molecule has 0 spiro atoms. The summed E-state index contributed by atoms with van der Waals surface area (Å²) in [5.74, 6) is 1.71. The second-order valence-corrected chi connectivity index (χ2v) is 6.43. The van der Waals surface area contributed by atoms with Gasteiger partial charge in [0.15, 0.2) is 0 Å². The second-order valence-electron chi connectivity index (χ2n) is 4.73. The van der Waals surface area contributed by atoms with Crippen LogP contribution < -0.4 is 0 Å². The van der Waals surface area contributed by atoms with Gasteiger partial charge in [-0.25, -0.2) is 0 Å². The van der Waals surface area contributed by atoms with Crippen LogP contribution in [0.4, 0.5) is 0 Å². The summed E-state index contributed by atoms with van der Waals surface area (Å²) in [6, 6.07) is 0. The predicted molar refractivity (Wildman–Crippen MR) is 84.4 cm³/mol. The molecule has 2 heteroatoms. The number of allylic oxidation sites excluding steroid dienone is 4. The molecule has 0 N–H and O–H groups in total. The lowest BCUT2D eigenvalue weighted by Crippen LogP contribution is -2.11. The number of hydrogen-bond acceptors (Lipinski definition) is 1. The molecule has 0 aromatic heterocycles. The lowest BCUT2D eigenvalue weighted by molar-refractivity contribution is 0.582. The summed E-state index contributed by atoms with van der Waals surface area (Å²) in [7, 11) is 0. The van der Waals surface area contributed by atoms with E-state index in [1.807, 2.05) is 19.9 Å². The van der Waals surface area contributed by atoms with E-state index in [-0.39, 0.29) is 0 Å². The van der Waals surface area contributed by atoms with Crippen molar-refractivity contribution in [1.29, 1.82) is 0 Å². The largest absolute Gasteiger partial charge is 0.616 e. The summed E-state index contributed by atoms with van der Waals surface area (Å²) in [6.45, 7) is 6.31. The Labute approximate surface area is 117 Å². The molecule has 0 aliphatic carbocycles. The van der Waals surface area contributed by atoms with Crippen molar-refractivity contribution in [1.82, 2.24) is 0 Å². The summed E-state index contributed by atoms with van der Waals surface area (Å²) < 4.78 is 11.8. The molecule has 1 atom stereocenters. The lowest BCUT2D eigenvalue weighted by atomic mass is 10.1. The minimum atomic E-state index is -0.628. The summed E-state index contributed by atoms with van der Waals surface area (Å²) >= 11 is -0.628. The first-order valence-corrected chi connectivity index (χ1v) is 8.86. The molecule has 18 heavy (non-hydrogen) atoms. The van der Waals surface area contributed by atoms with Crippen molar-refractivity contribution < 1.29 is 4.55 Å². The summed E-state index contributed by atoms with van der Waals surface area (Å²) in [4.78, 5) is 0. The first-order valence-electron chi connectivity index (χ1n) is 7.37. The highest BCUT2D eigenvalue weighted by Gasteiger charge is 2.06. The van der Waals surface area contributed by atoms with E-state index in [9.17, 15) is 4.55 Å². The molecule has 0 rings (SSSR count). The van der Waals surface area contributed by atoms with E-state index >= 15 is 0 Å². The third-order valence-electron chi connectivity index (χ3n) is 3.10. The Morgan fingerprint density at radius 1 is 1.00 bits per heavy atom. The molecule has 0 fully saturated rings. The topological polar surface area (TPSA) is 23.1 Å². The summed E-state index contributed by atoms with van der Waals surface area (Å²) in [6.07, 6.45) is 14.9. The van der Waals surface area contributed by atoms with Gasteiger partial charge in [0.1, 0.15) is 11.5 Å². The molecular weight excluding hydrogens is 240 g/mol. The van der Waals surface area contributed by atoms with Gasteiger partial charge in [0.05, 0.1) is 0 Å². The van der Waals surface area contributed by atoms with Gasteiger partial charge in [0.25, 0.3) is 0 Å². The van der Waals surface area contributed by atoms with Crippen molar-refractivity contribution in [3.63, 3.8) is 0 Å². The van der Waals surface area contributed by atoms with Gasteiger partial charge in [-0.15, -0.1) is 0 Å². The highest BCUT2D eigenvalue weighted by molar-refractivity contribution is 7.91. The summed E-state index contributed by atoms with van der Waals surface area (Å²) in [5, 5.41) is 0. The van der Waals surface area contributed by atoms with Crippen LogP contribution in [-0.4, -0.2) is 16.1 Å². The first-order chi connectivity index (χ1) is 8.74. The first kappa shape index (κ1) is 17.8. The smallest absolute Gasteiger partial charge is 0.109 e. The molecule has 0 bridgehead atoms. The van der Waals surface area contributed by atoms with Gasteiger partial charge in [0, 0.05) is 6.42 Å². The van der Waals surface area contributed by atoms with Crippen LogP contribution in [0.2, 0.25) is 0 Å². The zero-order chi connectivity index (χ0) is 13.6. The lowest BCUT2D eigenvalue weighted by Gasteiger charge is -2.11. The Balaban J connectivity index is 3.50. The van der Waals surface area contributed by atoms with Crippen molar-refractivity contribution in [2.45, 2.75) is 65.7 Å². The van der Waals surface area contributed by atoms with Crippen LogP contribution in [0.3, 0.4) is 0 Å². The average molecular weight is 270 g/mol. The zero-order valence-electron chi connectivity index (χ0n) is 12.4. The van der Waals surface area contributed by atoms with Gasteiger partial charge in [-0.3, -0.25) is 0 Å². The van der Waals surface area contributed by atoms with E-state index in [1.165, 1.54) is 37.7 Å². The normalized spacial score (nSPS) is 14.3. The van der Waals surface area contributed by atoms with E-state index in [0.29, 0.717) is 0 Å². The number of hydrogen-bond donors (Lipinski definition) is 0. The van der Waals surface area contributed by atoms with Crippen LogP contribution in [-0.2, 0) is 11.2 Å². The van der Waals surface area contributed by atoms with E-state index in [2.05, 4.69) is 19.1 Å². The maximum absolute atomic E-state index is 11.8. The van der Waals surface area contributed by atoms with Crippen molar-refractivity contribution in [2.24, 2.45) is 0 Å². The molecular formula is C16H30OS. The van der Waals surface area contributed by atoms with Crippen molar-refractivity contribution in [3.8, 4) is 0 Å². The van der Waals surface area contributed by atoms with Crippen molar-refractivity contribution in [3.05, 3.63) is 23.8 Å². The third kappa shape index (κ3) is 10.9. The molecule has 0 aliphatic heterocycles. The van der Waals surface area contributed by atoms with Gasteiger partial charge in [0.2, 0.25) is 0 Å². The average Bonchev–Trinajstić information content (AvgIpc) is 2.38. The molecule has 0 amide bonds. The number of unbranched alkanes of at least 4 members (excludes halogenated alkanes) is 5. The minimum absolute atomic E-state index is 0.628. The molecule has 0 saturated heterocycles. The molecule has 1 unspecified atom stereocenters. The molecule has 1 nitrogen and oxygen atoms in total. The van der Waals surface area contributed by atoms with E-state index in [1.54, 1.807) is 0 Å². The Morgan fingerprint density at radius 3 is 2.28 bits per heavy atom. The van der Waals surface area contributed by atoms with Crippen molar-refractivity contribution >= 4 is 11.2 Å². The molecule has 106 valence electrons. The van der Waals surface area contributed by atoms with Gasteiger partial charge in [-0.1, -0.05) is 62.0 Å². The monoisotopic (exact) mass is 270 g/mol. The fourth-order valence-electron chi connectivity index (χ4n) is 1.92. The standard InChI is InChI=1S/C16H30OS/c1-4-7-8-9-10-11-14-18(17)15-13-16(6-3)12-5-2/h5-6,12H,4,7-11,13-15H2,1-3H3. The van der Waals surface area contributed by atoms with Gasteiger partial charge in [-0.05, 0) is 32.3 Å². The Bertz CT molecular complexity index is 233. The summed E-state index contributed by atoms with van der Waals surface area (Å²) in [5.41, 5.74) is 1.30. The van der Waals surface area contributed by atoms with Gasteiger partial charge in [-0.2, -0.15) is 0 Å². The fraction of sp³-hybridized carbons (Fsp3) is 0.750. The highest BCUT2D eigenvalue weighted by atomic mass is 32.2. The molecule has 0 aliphatic rings. The Morgan fingerprint density at radius 2 is 1.67 bits per heavy atom. The zero-order valence-corrected chi connectivity index (χ0v) is 13.2. The van der Waals surface area contributed by atoms with E-state index in [4.69, 9.17) is 0 Å². The third-order valence-corrected chi connectivity index (χ3v) is 4.50. The fourth-order valence-corrected chi connectivity index (χ4v) is 3.11. The molecule has 0 saturated carbocycles. The van der Waals surface area contributed by atoms with Crippen LogP contribution in [0.25, 0.3) is 0 Å². The van der Waals surface area contributed by atoms with Crippen LogP contribution in [0.15, 0.2) is 23.8 Å². The molecule has 0 aromatic rings. The van der Waals surface area contributed by atoms with E-state index in [0.717, 1.165) is 24.3 Å². The van der Waals surface area contributed by atoms with Gasteiger partial charge < -0.3 is 4.55 Å². The molecule has 0 radical (unpaired) electrons. The Hall–Kier alpha value is -0.210. The number of rotatable bonds is 11. The predicted octanol–water partition coefficient (Wildman–Crippen LogP) is 5.01. The molecule has 0 aromatic carbocycles. The maximum Gasteiger partial charge on any atom is 0.109 e. The molecule has 0 heterocycles. The minimum Gasteiger partial charge on any atom is -0.616 e. The second kappa shape index (κ2) is 13.2. The van der Waals surface area contributed by atoms with Crippen LogP contribution in [0.5, 0.6) is 0 Å². The Kier molecular flexibility index (Phi) is 13.1. The van der Waals surface area contributed by atoms with Crippen LogP contribution in [0.1, 0.15) is 65.7 Å². The maximum atomic E-state index is 11.8.